The van der Waals surface area contributed by atoms with Gasteiger partial charge in [0.2, 0.25) is 0 Å². The highest BCUT2D eigenvalue weighted by molar-refractivity contribution is 5.66. The van der Waals surface area contributed by atoms with Crippen LogP contribution in [0.1, 0.15) is 32.6 Å². The third kappa shape index (κ3) is 3.88. The molecule has 0 aromatic heterocycles. The number of carbonyl (C=O) groups excluding carboxylic acids is 1. The van der Waals surface area contributed by atoms with Gasteiger partial charge in [-0.25, -0.2) is 0 Å². The van der Waals surface area contributed by atoms with E-state index in [4.69, 9.17) is 9.47 Å². The van der Waals surface area contributed by atoms with E-state index in [9.17, 15) is 4.79 Å². The number of nitrogens with one attached hydrogen (secondary N) is 1. The van der Waals surface area contributed by atoms with Crippen LogP contribution in [0, 0.1) is 0 Å². The zero-order valence-electron chi connectivity index (χ0n) is 11.5. The third-order valence-corrected chi connectivity index (χ3v) is 3.46. The minimum atomic E-state index is -0.201. The van der Waals surface area contributed by atoms with Crippen LogP contribution in [0.15, 0.2) is 24.3 Å². The van der Waals surface area contributed by atoms with Crippen LogP contribution in [0.4, 0.5) is 5.69 Å². The molecule has 2 rings (SSSR count). The summed E-state index contributed by atoms with van der Waals surface area (Å²) in [4.78, 5) is 11.1. The summed E-state index contributed by atoms with van der Waals surface area (Å²) in [5.41, 5.74) is 1.03. The van der Waals surface area contributed by atoms with E-state index in [0.717, 1.165) is 30.7 Å². The minimum absolute atomic E-state index is 0.0200. The van der Waals surface area contributed by atoms with Crippen molar-refractivity contribution in [3.05, 3.63) is 24.3 Å². The molecule has 2 atom stereocenters. The van der Waals surface area contributed by atoms with Gasteiger partial charge in [-0.05, 0) is 43.5 Å². The molecule has 4 nitrogen and oxygen atoms in total. The molecule has 1 aliphatic carbocycles. The lowest BCUT2D eigenvalue weighted by Gasteiger charge is -2.32. The summed E-state index contributed by atoms with van der Waals surface area (Å²) in [7, 11) is 1.65. The average Bonchev–Trinajstić information content (AvgIpc) is 2.41. The lowest BCUT2D eigenvalue weighted by Crippen LogP contribution is -2.39. The number of hydrogen-bond acceptors (Lipinski definition) is 4. The fourth-order valence-corrected chi connectivity index (χ4v) is 2.52. The first-order valence-electron chi connectivity index (χ1n) is 6.77. The van der Waals surface area contributed by atoms with Crippen molar-refractivity contribution < 1.29 is 14.3 Å². The summed E-state index contributed by atoms with van der Waals surface area (Å²) >= 11 is 0. The zero-order valence-corrected chi connectivity index (χ0v) is 11.5. The van der Waals surface area contributed by atoms with Crippen LogP contribution in [0.2, 0.25) is 0 Å². The average molecular weight is 263 g/mol. The Morgan fingerprint density at radius 3 is 2.53 bits per heavy atom. The second-order valence-corrected chi connectivity index (χ2v) is 4.91. The van der Waals surface area contributed by atoms with Gasteiger partial charge in [0.1, 0.15) is 11.9 Å². The SMILES string of the molecule is COc1ccc(N[C@@H]2CCCC[C@H]2OC(C)=O)cc1. The number of hydrogen-bond donors (Lipinski definition) is 1. The van der Waals surface area contributed by atoms with Gasteiger partial charge in [0.15, 0.2) is 0 Å². The van der Waals surface area contributed by atoms with Crippen molar-refractivity contribution in [2.24, 2.45) is 0 Å². The minimum Gasteiger partial charge on any atom is -0.497 e. The highest BCUT2D eigenvalue weighted by Gasteiger charge is 2.27. The fraction of sp³-hybridized carbons (Fsp3) is 0.533. The molecule has 1 fully saturated rings. The molecule has 1 N–H and O–H groups in total. The van der Waals surface area contributed by atoms with E-state index in [-0.39, 0.29) is 18.1 Å². The van der Waals surface area contributed by atoms with E-state index in [1.54, 1.807) is 7.11 Å². The Hall–Kier alpha value is -1.71. The molecule has 19 heavy (non-hydrogen) atoms. The summed E-state index contributed by atoms with van der Waals surface area (Å²) in [6, 6.07) is 8.01. The van der Waals surface area contributed by atoms with Crippen LogP contribution in [0.5, 0.6) is 5.75 Å². The van der Waals surface area contributed by atoms with Gasteiger partial charge < -0.3 is 14.8 Å². The highest BCUT2D eigenvalue weighted by atomic mass is 16.5. The summed E-state index contributed by atoms with van der Waals surface area (Å²) in [5, 5.41) is 3.45. The maximum atomic E-state index is 11.1. The van der Waals surface area contributed by atoms with E-state index in [2.05, 4.69) is 5.32 Å². The maximum Gasteiger partial charge on any atom is 0.302 e. The Bertz CT molecular complexity index is 416. The molecule has 0 radical (unpaired) electrons. The van der Waals surface area contributed by atoms with Gasteiger partial charge in [-0.1, -0.05) is 6.42 Å². The van der Waals surface area contributed by atoms with Crippen LogP contribution in [-0.4, -0.2) is 25.2 Å². The molecule has 4 heteroatoms. The number of anilines is 1. The van der Waals surface area contributed by atoms with Crippen molar-refractivity contribution in [1.29, 1.82) is 0 Å². The molecule has 1 saturated carbocycles. The van der Waals surface area contributed by atoms with Crippen LogP contribution in [0.25, 0.3) is 0 Å². The first kappa shape index (κ1) is 13.7. The lowest BCUT2D eigenvalue weighted by molar-refractivity contribution is -0.148. The molecular weight excluding hydrogens is 242 g/mol. The largest absolute Gasteiger partial charge is 0.497 e. The van der Waals surface area contributed by atoms with Crippen LogP contribution in [0.3, 0.4) is 0 Å². The summed E-state index contributed by atoms with van der Waals surface area (Å²) in [6.45, 7) is 1.47. The number of methoxy groups -OCH3 is 1. The van der Waals surface area contributed by atoms with E-state index < -0.39 is 0 Å². The first-order chi connectivity index (χ1) is 9.19. The van der Waals surface area contributed by atoms with Crippen LogP contribution < -0.4 is 10.1 Å². The van der Waals surface area contributed by atoms with Crippen molar-refractivity contribution in [1.82, 2.24) is 0 Å². The van der Waals surface area contributed by atoms with Crippen molar-refractivity contribution in [3.63, 3.8) is 0 Å². The first-order valence-corrected chi connectivity index (χ1v) is 6.77. The standard InChI is InChI=1S/C15H21NO3/c1-11(17)19-15-6-4-3-5-14(15)16-12-7-9-13(18-2)10-8-12/h7-10,14-16H,3-6H2,1-2H3/t14-,15-/m1/s1. The van der Waals surface area contributed by atoms with Crippen molar-refractivity contribution in [2.75, 3.05) is 12.4 Å². The molecule has 0 spiro atoms. The molecule has 0 amide bonds. The number of benzene rings is 1. The molecule has 0 bridgehead atoms. The quantitative estimate of drug-likeness (QED) is 0.848. The topological polar surface area (TPSA) is 47.6 Å². The van der Waals surface area contributed by atoms with Crippen molar-refractivity contribution in [3.8, 4) is 5.75 Å². The maximum absolute atomic E-state index is 11.1. The smallest absolute Gasteiger partial charge is 0.302 e. The molecule has 0 heterocycles. The molecular formula is C15H21NO3. The van der Waals surface area contributed by atoms with Gasteiger partial charge in [0, 0.05) is 12.6 Å². The Morgan fingerprint density at radius 1 is 1.21 bits per heavy atom. The van der Waals surface area contributed by atoms with Gasteiger partial charge in [-0.3, -0.25) is 4.79 Å². The van der Waals surface area contributed by atoms with Gasteiger partial charge in [0.25, 0.3) is 0 Å². The Kier molecular flexibility index (Phi) is 4.66. The van der Waals surface area contributed by atoms with E-state index in [1.807, 2.05) is 24.3 Å². The highest BCUT2D eigenvalue weighted by Crippen LogP contribution is 2.25. The zero-order chi connectivity index (χ0) is 13.7. The number of ether oxygens (including phenoxy) is 2. The van der Waals surface area contributed by atoms with E-state index in [1.165, 1.54) is 13.3 Å². The second-order valence-electron chi connectivity index (χ2n) is 4.91. The predicted octanol–water partition coefficient (Wildman–Crippen LogP) is 2.98. The van der Waals surface area contributed by atoms with Crippen LogP contribution in [-0.2, 0) is 9.53 Å². The van der Waals surface area contributed by atoms with Gasteiger partial charge in [0.05, 0.1) is 13.2 Å². The van der Waals surface area contributed by atoms with Crippen LogP contribution >= 0.6 is 0 Å². The van der Waals surface area contributed by atoms with E-state index >= 15 is 0 Å². The molecule has 1 aromatic carbocycles. The molecule has 1 aromatic rings. The normalized spacial score (nSPS) is 22.6. The Balaban J connectivity index is 1.99. The third-order valence-electron chi connectivity index (χ3n) is 3.46. The van der Waals surface area contributed by atoms with E-state index in [0.29, 0.717) is 0 Å². The Morgan fingerprint density at radius 2 is 1.89 bits per heavy atom. The second kappa shape index (κ2) is 6.45. The van der Waals surface area contributed by atoms with Crippen molar-refractivity contribution >= 4 is 11.7 Å². The van der Waals surface area contributed by atoms with Gasteiger partial charge in [-0.2, -0.15) is 0 Å². The number of esters is 1. The number of carbonyl (C=O) groups is 1. The summed E-state index contributed by atoms with van der Waals surface area (Å²) < 4.78 is 10.5. The molecule has 1 aliphatic rings. The fourth-order valence-electron chi connectivity index (χ4n) is 2.52. The summed E-state index contributed by atoms with van der Waals surface area (Å²) in [6.07, 6.45) is 4.25. The Labute approximate surface area is 114 Å². The van der Waals surface area contributed by atoms with Gasteiger partial charge in [-0.15, -0.1) is 0 Å². The van der Waals surface area contributed by atoms with Gasteiger partial charge >= 0.3 is 5.97 Å². The lowest BCUT2D eigenvalue weighted by atomic mass is 9.92. The monoisotopic (exact) mass is 263 g/mol. The molecule has 0 saturated heterocycles. The molecule has 104 valence electrons. The summed E-state index contributed by atoms with van der Waals surface area (Å²) in [5.74, 6) is 0.638. The molecule has 0 unspecified atom stereocenters. The van der Waals surface area contributed by atoms with Crippen molar-refractivity contribution in [2.45, 2.75) is 44.8 Å². The predicted molar refractivity (Wildman–Crippen MR) is 74.4 cm³/mol. The number of rotatable bonds is 4. The molecule has 0 aliphatic heterocycles.